The van der Waals surface area contributed by atoms with Gasteiger partial charge in [-0.25, -0.2) is 0 Å². The van der Waals surface area contributed by atoms with Crippen LogP contribution >= 0.6 is 12.4 Å². The molecule has 0 heterocycles. The van der Waals surface area contributed by atoms with Gasteiger partial charge in [-0.15, -0.1) is 12.4 Å². The standard InChI is InChI=1S/C14H21NO.ClH/c1-5-14(11(2)10-15(3)4)12-6-8-13(16)9-7-12;/h5-9,11,16H,10H2,1-4H3;1H/b14-5-;. The van der Waals surface area contributed by atoms with Crippen LogP contribution in [0.5, 0.6) is 5.75 Å². The molecule has 2 nitrogen and oxygen atoms in total. The first-order valence-electron chi connectivity index (χ1n) is 5.65. The van der Waals surface area contributed by atoms with Gasteiger partial charge in [0.2, 0.25) is 0 Å². The first kappa shape index (κ1) is 16.0. The van der Waals surface area contributed by atoms with Crippen LogP contribution in [-0.4, -0.2) is 30.6 Å². The Morgan fingerprint density at radius 1 is 1.29 bits per heavy atom. The zero-order valence-corrected chi connectivity index (χ0v) is 11.8. The number of phenols is 1. The third kappa shape index (κ3) is 4.80. The first-order valence-corrected chi connectivity index (χ1v) is 5.65. The van der Waals surface area contributed by atoms with Crippen molar-refractivity contribution in [2.75, 3.05) is 20.6 Å². The normalized spacial score (nSPS) is 13.4. The fraction of sp³-hybridized carbons (Fsp3) is 0.429. The van der Waals surface area contributed by atoms with E-state index in [0.717, 1.165) is 6.54 Å². The van der Waals surface area contributed by atoms with Gasteiger partial charge in [-0.3, -0.25) is 0 Å². The predicted octanol–water partition coefficient (Wildman–Crippen LogP) is 3.42. The highest BCUT2D eigenvalue weighted by atomic mass is 35.5. The van der Waals surface area contributed by atoms with Crippen LogP contribution in [0.2, 0.25) is 0 Å². The highest BCUT2D eigenvalue weighted by Crippen LogP contribution is 2.25. The van der Waals surface area contributed by atoms with E-state index in [4.69, 9.17) is 0 Å². The van der Waals surface area contributed by atoms with Gasteiger partial charge in [0.15, 0.2) is 0 Å². The summed E-state index contributed by atoms with van der Waals surface area (Å²) in [5.41, 5.74) is 2.52. The van der Waals surface area contributed by atoms with E-state index in [0.29, 0.717) is 11.7 Å². The molecule has 3 heteroatoms. The maximum absolute atomic E-state index is 9.27. The smallest absolute Gasteiger partial charge is 0.115 e. The van der Waals surface area contributed by atoms with Crippen LogP contribution in [0, 0.1) is 5.92 Å². The third-order valence-electron chi connectivity index (χ3n) is 2.68. The lowest BCUT2D eigenvalue weighted by Crippen LogP contribution is -2.20. The molecule has 1 rings (SSSR count). The molecular weight excluding hydrogens is 234 g/mol. The van der Waals surface area contributed by atoms with Crippen molar-refractivity contribution in [3.8, 4) is 5.75 Å². The average molecular weight is 256 g/mol. The predicted molar refractivity (Wildman–Crippen MR) is 76.7 cm³/mol. The monoisotopic (exact) mass is 255 g/mol. The van der Waals surface area contributed by atoms with Gasteiger partial charge in [0.1, 0.15) is 5.75 Å². The molecule has 0 fully saturated rings. The Morgan fingerprint density at radius 3 is 2.24 bits per heavy atom. The number of benzene rings is 1. The van der Waals surface area contributed by atoms with Crippen molar-refractivity contribution in [2.24, 2.45) is 5.92 Å². The zero-order valence-electron chi connectivity index (χ0n) is 11.0. The minimum atomic E-state index is 0. The highest BCUT2D eigenvalue weighted by Gasteiger charge is 2.11. The molecule has 0 saturated carbocycles. The molecule has 0 amide bonds. The maximum Gasteiger partial charge on any atom is 0.115 e. The van der Waals surface area contributed by atoms with E-state index in [1.165, 1.54) is 11.1 Å². The van der Waals surface area contributed by atoms with Crippen LogP contribution in [0.15, 0.2) is 30.3 Å². The summed E-state index contributed by atoms with van der Waals surface area (Å²) in [4.78, 5) is 2.19. The molecule has 1 aromatic carbocycles. The van der Waals surface area contributed by atoms with E-state index in [9.17, 15) is 5.11 Å². The summed E-state index contributed by atoms with van der Waals surface area (Å²) in [6.45, 7) is 5.32. The summed E-state index contributed by atoms with van der Waals surface area (Å²) in [6.07, 6.45) is 2.15. The van der Waals surface area contributed by atoms with E-state index in [2.05, 4.69) is 38.9 Å². The Morgan fingerprint density at radius 2 is 1.82 bits per heavy atom. The summed E-state index contributed by atoms with van der Waals surface area (Å²) in [7, 11) is 4.17. The van der Waals surface area contributed by atoms with Crippen molar-refractivity contribution < 1.29 is 5.11 Å². The summed E-state index contributed by atoms with van der Waals surface area (Å²) in [6, 6.07) is 7.41. The van der Waals surface area contributed by atoms with Crippen molar-refractivity contribution in [1.29, 1.82) is 0 Å². The van der Waals surface area contributed by atoms with Gasteiger partial charge in [0, 0.05) is 6.54 Å². The molecule has 0 aromatic heterocycles. The Balaban J connectivity index is 0.00000256. The first-order chi connectivity index (χ1) is 7.54. The fourth-order valence-corrected chi connectivity index (χ4v) is 2.04. The quantitative estimate of drug-likeness (QED) is 0.891. The van der Waals surface area contributed by atoms with Gasteiger partial charge in [-0.1, -0.05) is 25.1 Å². The lowest BCUT2D eigenvalue weighted by atomic mass is 9.93. The topological polar surface area (TPSA) is 23.5 Å². The van der Waals surface area contributed by atoms with Gasteiger partial charge in [0.25, 0.3) is 0 Å². The van der Waals surface area contributed by atoms with Crippen LogP contribution in [-0.2, 0) is 0 Å². The third-order valence-corrected chi connectivity index (χ3v) is 2.68. The van der Waals surface area contributed by atoms with Gasteiger partial charge >= 0.3 is 0 Å². The number of rotatable bonds is 4. The molecule has 0 aliphatic rings. The fourth-order valence-electron chi connectivity index (χ4n) is 2.04. The SMILES string of the molecule is C/C=C(\c1ccc(O)cc1)C(C)CN(C)C.Cl. The van der Waals surface area contributed by atoms with Crippen molar-refractivity contribution in [2.45, 2.75) is 13.8 Å². The van der Waals surface area contributed by atoms with Gasteiger partial charge in [-0.2, -0.15) is 0 Å². The van der Waals surface area contributed by atoms with Crippen molar-refractivity contribution in [3.05, 3.63) is 35.9 Å². The van der Waals surface area contributed by atoms with Gasteiger partial charge in [0.05, 0.1) is 0 Å². The maximum atomic E-state index is 9.27. The number of nitrogens with zero attached hydrogens (tertiary/aromatic N) is 1. The molecule has 96 valence electrons. The number of phenolic OH excluding ortho intramolecular Hbond substituents is 1. The average Bonchev–Trinajstić information content (AvgIpc) is 2.21. The Kier molecular flexibility index (Phi) is 6.93. The molecule has 0 aliphatic heterocycles. The van der Waals surface area contributed by atoms with E-state index in [1.807, 2.05) is 12.1 Å². The molecule has 1 unspecified atom stereocenters. The van der Waals surface area contributed by atoms with Gasteiger partial charge < -0.3 is 10.0 Å². The Labute approximate surface area is 110 Å². The van der Waals surface area contributed by atoms with Crippen LogP contribution in [0.4, 0.5) is 0 Å². The van der Waals surface area contributed by atoms with E-state index in [1.54, 1.807) is 12.1 Å². The molecular formula is C14H22ClNO. The lowest BCUT2D eigenvalue weighted by molar-refractivity contribution is 0.376. The lowest BCUT2D eigenvalue weighted by Gasteiger charge is -2.20. The molecule has 1 atom stereocenters. The van der Waals surface area contributed by atoms with E-state index in [-0.39, 0.29) is 12.4 Å². The highest BCUT2D eigenvalue weighted by molar-refractivity contribution is 5.85. The van der Waals surface area contributed by atoms with Crippen LogP contribution < -0.4 is 0 Å². The zero-order chi connectivity index (χ0) is 12.1. The van der Waals surface area contributed by atoms with Crippen LogP contribution in [0.3, 0.4) is 0 Å². The number of aromatic hydroxyl groups is 1. The Hall–Kier alpha value is -0.990. The number of halogens is 1. The largest absolute Gasteiger partial charge is 0.508 e. The minimum Gasteiger partial charge on any atom is -0.508 e. The van der Waals surface area contributed by atoms with Crippen LogP contribution in [0.1, 0.15) is 19.4 Å². The van der Waals surface area contributed by atoms with Crippen molar-refractivity contribution >= 4 is 18.0 Å². The summed E-state index contributed by atoms with van der Waals surface area (Å²) in [5, 5.41) is 9.27. The number of hydrogen-bond donors (Lipinski definition) is 1. The minimum absolute atomic E-state index is 0. The molecule has 0 aliphatic carbocycles. The molecule has 0 spiro atoms. The number of hydrogen-bond acceptors (Lipinski definition) is 2. The number of allylic oxidation sites excluding steroid dienone is 1. The summed E-state index contributed by atoms with van der Waals surface area (Å²) >= 11 is 0. The Bertz CT molecular complexity index is 357. The second-order valence-corrected chi connectivity index (χ2v) is 4.45. The summed E-state index contributed by atoms with van der Waals surface area (Å²) < 4.78 is 0. The molecule has 0 radical (unpaired) electrons. The molecule has 0 bridgehead atoms. The van der Waals surface area contributed by atoms with Crippen LogP contribution in [0.25, 0.3) is 5.57 Å². The molecule has 1 N–H and O–H groups in total. The van der Waals surface area contributed by atoms with Gasteiger partial charge in [-0.05, 0) is 50.2 Å². The second kappa shape index (κ2) is 7.36. The molecule has 17 heavy (non-hydrogen) atoms. The van der Waals surface area contributed by atoms with E-state index < -0.39 is 0 Å². The summed E-state index contributed by atoms with van der Waals surface area (Å²) in [5.74, 6) is 0.809. The van der Waals surface area contributed by atoms with Crippen molar-refractivity contribution in [3.63, 3.8) is 0 Å². The van der Waals surface area contributed by atoms with Crippen molar-refractivity contribution in [1.82, 2.24) is 4.90 Å². The molecule has 0 saturated heterocycles. The molecule has 1 aromatic rings. The van der Waals surface area contributed by atoms with E-state index >= 15 is 0 Å². The second-order valence-electron chi connectivity index (χ2n) is 4.45.